The zero-order valence-corrected chi connectivity index (χ0v) is 18.9. The van der Waals surface area contributed by atoms with E-state index in [2.05, 4.69) is 30.9 Å². The van der Waals surface area contributed by atoms with Gasteiger partial charge in [-0.15, -0.1) is 0 Å². The Morgan fingerprint density at radius 2 is 2.03 bits per heavy atom. The van der Waals surface area contributed by atoms with Gasteiger partial charge >= 0.3 is 0 Å². The lowest BCUT2D eigenvalue weighted by molar-refractivity contribution is 0.0738. The first kappa shape index (κ1) is 21.2. The molecule has 1 atom stereocenters. The Kier molecular flexibility index (Phi) is 5.57. The summed E-state index contributed by atoms with van der Waals surface area (Å²) in [6.07, 6.45) is 6.05. The first-order valence-corrected chi connectivity index (χ1v) is 11.0. The number of methoxy groups -OCH3 is 1. The van der Waals surface area contributed by atoms with Crippen LogP contribution < -0.4 is 14.4 Å². The van der Waals surface area contributed by atoms with E-state index in [1.807, 2.05) is 13.1 Å². The van der Waals surface area contributed by atoms with Gasteiger partial charge in [-0.3, -0.25) is 4.79 Å². The average molecular weight is 450 g/mol. The minimum absolute atomic E-state index is 0.142. The molecule has 10 heteroatoms. The molecule has 1 unspecified atom stereocenters. The molecule has 5 rings (SSSR count). The van der Waals surface area contributed by atoms with E-state index in [9.17, 15) is 4.79 Å². The molecule has 172 valence electrons. The first-order chi connectivity index (χ1) is 16.0. The van der Waals surface area contributed by atoms with Crippen molar-refractivity contribution in [3.63, 3.8) is 0 Å². The number of rotatable bonds is 5. The lowest BCUT2D eigenvalue weighted by Gasteiger charge is -2.31. The third-order valence-corrected chi connectivity index (χ3v) is 6.19. The van der Waals surface area contributed by atoms with E-state index in [0.29, 0.717) is 37.1 Å². The van der Waals surface area contributed by atoms with Crippen LogP contribution in [0.4, 0.5) is 5.69 Å². The second-order valence-corrected chi connectivity index (χ2v) is 8.34. The van der Waals surface area contributed by atoms with E-state index >= 15 is 0 Å². The first-order valence-electron chi connectivity index (χ1n) is 11.0. The maximum absolute atomic E-state index is 12.7. The number of anilines is 1. The molecule has 2 aliphatic heterocycles. The molecule has 5 heterocycles. The van der Waals surface area contributed by atoms with Gasteiger partial charge in [-0.2, -0.15) is 0 Å². The second-order valence-electron chi connectivity index (χ2n) is 8.34. The number of pyridine rings is 1. The normalized spacial score (nSPS) is 17.7. The molecule has 0 bridgehead atoms. The van der Waals surface area contributed by atoms with Crippen LogP contribution in [0.15, 0.2) is 29.4 Å². The Morgan fingerprint density at radius 3 is 2.79 bits per heavy atom. The number of likely N-dealkylation sites (tertiary alicyclic amines) is 1. The Morgan fingerprint density at radius 1 is 1.15 bits per heavy atom. The van der Waals surface area contributed by atoms with Gasteiger partial charge < -0.3 is 23.7 Å². The monoisotopic (exact) mass is 450 g/mol. The summed E-state index contributed by atoms with van der Waals surface area (Å²) in [5.74, 6) is 1.34. The second kappa shape index (κ2) is 8.68. The van der Waals surface area contributed by atoms with Crippen LogP contribution in [0.25, 0.3) is 0 Å². The van der Waals surface area contributed by atoms with Crippen LogP contribution in [0, 0.1) is 13.8 Å². The number of oxazole rings is 1. The summed E-state index contributed by atoms with van der Waals surface area (Å²) in [6, 6.07) is 2.08. The number of carbonyl (C=O) groups is 1. The highest BCUT2D eigenvalue weighted by atomic mass is 16.5. The molecule has 1 fully saturated rings. The molecule has 10 nitrogen and oxygen atoms in total. The SMILES string of the molecule is COc1ncc(N2CCc3ncnc(OC4CCN(C(=O)c5ocnc5C)C4)c3C2)cc1C. The smallest absolute Gasteiger partial charge is 0.291 e. The van der Waals surface area contributed by atoms with E-state index in [1.165, 1.54) is 6.39 Å². The Labute approximate surface area is 191 Å². The van der Waals surface area contributed by atoms with Crippen LogP contribution in [0.1, 0.15) is 39.5 Å². The van der Waals surface area contributed by atoms with Crippen LogP contribution in [0.3, 0.4) is 0 Å². The summed E-state index contributed by atoms with van der Waals surface area (Å²) in [6.45, 7) is 6.28. The van der Waals surface area contributed by atoms with Crippen molar-refractivity contribution in [2.75, 3.05) is 31.6 Å². The average Bonchev–Trinajstić information content (AvgIpc) is 3.47. The quantitative estimate of drug-likeness (QED) is 0.579. The topological polar surface area (TPSA) is 107 Å². The number of aryl methyl sites for hydroxylation is 2. The van der Waals surface area contributed by atoms with Gasteiger partial charge in [0.2, 0.25) is 17.5 Å². The van der Waals surface area contributed by atoms with Gasteiger partial charge in [-0.1, -0.05) is 0 Å². The minimum Gasteiger partial charge on any atom is -0.481 e. The number of carbonyl (C=O) groups excluding carboxylic acids is 1. The van der Waals surface area contributed by atoms with E-state index in [0.717, 1.165) is 41.9 Å². The standard InChI is InChI=1S/C23H26N6O4/c1-14-8-16(9-24-21(14)31-3)28-7-5-19-18(11-28)22(26-12-25-19)33-17-4-6-29(10-17)23(30)20-15(2)27-13-32-20/h8-9,12-13,17H,4-7,10-11H2,1-3H3. The lowest BCUT2D eigenvalue weighted by atomic mass is 10.1. The maximum Gasteiger partial charge on any atom is 0.291 e. The fourth-order valence-corrected chi connectivity index (χ4v) is 4.39. The third kappa shape index (κ3) is 4.08. The molecule has 0 aliphatic carbocycles. The predicted octanol–water partition coefficient (Wildman–Crippen LogP) is 2.34. The van der Waals surface area contributed by atoms with Gasteiger partial charge in [-0.25, -0.2) is 19.9 Å². The van der Waals surface area contributed by atoms with Crippen molar-refractivity contribution in [1.29, 1.82) is 0 Å². The highest BCUT2D eigenvalue weighted by molar-refractivity contribution is 5.92. The summed E-state index contributed by atoms with van der Waals surface area (Å²) in [4.78, 5) is 34.0. The van der Waals surface area contributed by atoms with Gasteiger partial charge in [0, 0.05) is 31.5 Å². The molecular formula is C23H26N6O4. The zero-order chi connectivity index (χ0) is 22.9. The molecule has 1 saturated heterocycles. The highest BCUT2D eigenvalue weighted by Crippen LogP contribution is 2.31. The maximum atomic E-state index is 12.7. The van der Waals surface area contributed by atoms with Crippen LogP contribution >= 0.6 is 0 Å². The number of ether oxygens (including phenoxy) is 2. The third-order valence-electron chi connectivity index (χ3n) is 6.19. The fraction of sp³-hybridized carbons (Fsp3) is 0.435. The van der Waals surface area contributed by atoms with Crippen molar-refractivity contribution in [3.05, 3.63) is 53.3 Å². The lowest BCUT2D eigenvalue weighted by Crippen LogP contribution is -2.33. The van der Waals surface area contributed by atoms with Crippen LogP contribution in [-0.2, 0) is 13.0 Å². The van der Waals surface area contributed by atoms with Gasteiger partial charge in [0.15, 0.2) is 6.39 Å². The molecule has 0 spiro atoms. The van der Waals surface area contributed by atoms with Crippen molar-refractivity contribution in [2.24, 2.45) is 0 Å². The largest absolute Gasteiger partial charge is 0.481 e. The Balaban J connectivity index is 1.30. The van der Waals surface area contributed by atoms with E-state index in [-0.39, 0.29) is 17.8 Å². The number of nitrogens with zero attached hydrogens (tertiary/aromatic N) is 6. The van der Waals surface area contributed by atoms with Crippen LogP contribution in [-0.4, -0.2) is 63.6 Å². The molecular weight excluding hydrogens is 424 g/mol. The van der Waals surface area contributed by atoms with E-state index < -0.39 is 0 Å². The number of amides is 1. The van der Waals surface area contributed by atoms with Crippen molar-refractivity contribution >= 4 is 11.6 Å². The molecule has 0 N–H and O–H groups in total. The summed E-state index contributed by atoms with van der Waals surface area (Å²) < 4.78 is 16.8. The van der Waals surface area contributed by atoms with Gasteiger partial charge in [-0.05, 0) is 19.9 Å². The molecule has 3 aromatic rings. The minimum atomic E-state index is -0.158. The Hall–Kier alpha value is -3.69. The molecule has 33 heavy (non-hydrogen) atoms. The van der Waals surface area contributed by atoms with Crippen molar-refractivity contribution < 1.29 is 18.7 Å². The molecule has 2 aliphatic rings. The van der Waals surface area contributed by atoms with Crippen LogP contribution in [0.5, 0.6) is 11.8 Å². The summed E-state index contributed by atoms with van der Waals surface area (Å²) >= 11 is 0. The number of aromatic nitrogens is 4. The molecule has 3 aromatic heterocycles. The zero-order valence-electron chi connectivity index (χ0n) is 18.9. The number of fused-ring (bicyclic) bond motifs is 1. The summed E-state index contributed by atoms with van der Waals surface area (Å²) in [7, 11) is 1.62. The van der Waals surface area contributed by atoms with E-state index in [4.69, 9.17) is 13.9 Å². The molecule has 0 radical (unpaired) electrons. The van der Waals surface area contributed by atoms with Crippen molar-refractivity contribution in [3.8, 4) is 11.8 Å². The number of hydrogen-bond donors (Lipinski definition) is 0. The molecule has 0 aromatic carbocycles. The molecule has 0 saturated carbocycles. The number of hydrogen-bond acceptors (Lipinski definition) is 9. The highest BCUT2D eigenvalue weighted by Gasteiger charge is 2.32. The Bertz CT molecular complexity index is 1180. The van der Waals surface area contributed by atoms with E-state index in [1.54, 1.807) is 25.3 Å². The van der Waals surface area contributed by atoms with Gasteiger partial charge in [0.05, 0.1) is 49.0 Å². The van der Waals surface area contributed by atoms with Crippen LogP contribution in [0.2, 0.25) is 0 Å². The van der Waals surface area contributed by atoms with Gasteiger partial charge in [0.25, 0.3) is 5.91 Å². The van der Waals surface area contributed by atoms with Gasteiger partial charge in [0.1, 0.15) is 12.4 Å². The van der Waals surface area contributed by atoms with Crippen molar-refractivity contribution in [1.82, 2.24) is 24.8 Å². The molecule has 1 amide bonds. The summed E-state index contributed by atoms with van der Waals surface area (Å²) in [5.41, 5.74) is 4.58. The predicted molar refractivity (Wildman–Crippen MR) is 118 cm³/mol. The summed E-state index contributed by atoms with van der Waals surface area (Å²) in [5, 5.41) is 0. The fourth-order valence-electron chi connectivity index (χ4n) is 4.39. The van der Waals surface area contributed by atoms with Crippen molar-refractivity contribution in [2.45, 2.75) is 39.3 Å².